The summed E-state index contributed by atoms with van der Waals surface area (Å²) in [6.07, 6.45) is 0.301. The fourth-order valence-electron chi connectivity index (χ4n) is 1.97. The summed E-state index contributed by atoms with van der Waals surface area (Å²) in [5.74, 6) is -0.251. The Morgan fingerprint density at radius 2 is 2.21 bits per heavy atom. The predicted molar refractivity (Wildman–Crippen MR) is 72.9 cm³/mol. The zero-order valence-corrected chi connectivity index (χ0v) is 11.9. The third-order valence-electron chi connectivity index (χ3n) is 2.96. The molecule has 0 saturated heterocycles. The first-order chi connectivity index (χ1) is 9.03. The summed E-state index contributed by atoms with van der Waals surface area (Å²) in [6, 6.07) is 4.07. The summed E-state index contributed by atoms with van der Waals surface area (Å²) in [5.41, 5.74) is 2.98. The molecule has 0 unspecified atom stereocenters. The first-order valence-electron chi connectivity index (χ1n) is 6.23. The van der Waals surface area contributed by atoms with E-state index < -0.39 is 0 Å². The van der Waals surface area contributed by atoms with E-state index in [1.54, 1.807) is 0 Å². The zero-order chi connectivity index (χ0) is 14.4. The van der Waals surface area contributed by atoms with Gasteiger partial charge in [0.15, 0.2) is 0 Å². The number of esters is 1. The van der Waals surface area contributed by atoms with Crippen molar-refractivity contribution in [3.8, 4) is 6.07 Å². The highest BCUT2D eigenvalue weighted by Crippen LogP contribution is 2.23. The van der Waals surface area contributed by atoms with Gasteiger partial charge in [0.25, 0.3) is 0 Å². The van der Waals surface area contributed by atoms with E-state index in [2.05, 4.69) is 15.8 Å². The van der Waals surface area contributed by atoms with E-state index >= 15 is 0 Å². The molecule has 0 aromatic carbocycles. The van der Waals surface area contributed by atoms with Gasteiger partial charge in [-0.1, -0.05) is 0 Å². The summed E-state index contributed by atoms with van der Waals surface area (Å²) in [5, 5.41) is 9.25. The smallest absolute Gasteiger partial charge is 0.307 e. The maximum absolute atomic E-state index is 11.2. The molecule has 0 aliphatic heterocycles. The summed E-state index contributed by atoms with van der Waals surface area (Å²) in [4.78, 5) is 17.5. The fourth-order valence-corrected chi connectivity index (χ4v) is 1.97. The number of methoxy groups -OCH3 is 1. The molecule has 1 rings (SSSR count). The van der Waals surface area contributed by atoms with Crippen LogP contribution in [0.4, 0.5) is 5.69 Å². The second-order valence-electron chi connectivity index (χ2n) is 4.26. The molecule has 5 nitrogen and oxygen atoms in total. The number of pyridine rings is 1. The zero-order valence-electron chi connectivity index (χ0n) is 11.9. The maximum Gasteiger partial charge on any atom is 0.307 e. The molecular weight excluding hydrogens is 242 g/mol. The van der Waals surface area contributed by atoms with E-state index in [1.807, 2.05) is 31.7 Å². The van der Waals surface area contributed by atoms with Crippen LogP contribution in [-0.2, 0) is 9.53 Å². The van der Waals surface area contributed by atoms with Crippen LogP contribution >= 0.6 is 0 Å². The van der Waals surface area contributed by atoms with Gasteiger partial charge in [0.05, 0.1) is 30.5 Å². The molecule has 0 saturated carbocycles. The second-order valence-corrected chi connectivity index (χ2v) is 4.26. The molecular formula is C14H19N3O2. The summed E-state index contributed by atoms with van der Waals surface area (Å²) >= 11 is 0. The number of carbonyl (C=O) groups is 1. The Bertz CT molecular complexity index is 506. The van der Waals surface area contributed by atoms with Gasteiger partial charge in [-0.05, 0) is 26.8 Å². The number of aromatic nitrogens is 1. The molecule has 0 aliphatic rings. The topological polar surface area (TPSA) is 66.2 Å². The lowest BCUT2D eigenvalue weighted by Crippen LogP contribution is -2.27. The summed E-state index contributed by atoms with van der Waals surface area (Å²) < 4.78 is 4.64. The Labute approximate surface area is 113 Å². The van der Waals surface area contributed by atoms with Gasteiger partial charge in [0.1, 0.15) is 6.07 Å². The van der Waals surface area contributed by atoms with E-state index in [-0.39, 0.29) is 5.97 Å². The van der Waals surface area contributed by atoms with E-state index in [0.29, 0.717) is 30.8 Å². The second kappa shape index (κ2) is 6.74. The van der Waals surface area contributed by atoms with Crippen molar-refractivity contribution in [3.63, 3.8) is 0 Å². The van der Waals surface area contributed by atoms with Gasteiger partial charge in [-0.3, -0.25) is 9.78 Å². The van der Waals surface area contributed by atoms with Crippen LogP contribution in [0.2, 0.25) is 0 Å². The van der Waals surface area contributed by atoms with Crippen LogP contribution < -0.4 is 4.90 Å². The lowest BCUT2D eigenvalue weighted by Gasteiger charge is -2.24. The first-order valence-corrected chi connectivity index (χ1v) is 6.23. The van der Waals surface area contributed by atoms with Crippen LogP contribution in [0.5, 0.6) is 0 Å². The van der Waals surface area contributed by atoms with Crippen LogP contribution in [0, 0.1) is 25.2 Å². The molecule has 1 aromatic rings. The van der Waals surface area contributed by atoms with E-state index in [4.69, 9.17) is 0 Å². The standard InChI is InChI=1S/C14H19N3O2/c1-5-17(7-6-14(18)19-4)13-8-10(2)16-11(3)12(13)9-15/h8H,5-7H2,1-4H3. The Morgan fingerprint density at radius 1 is 1.53 bits per heavy atom. The lowest BCUT2D eigenvalue weighted by atomic mass is 10.1. The Morgan fingerprint density at radius 3 is 2.74 bits per heavy atom. The van der Waals surface area contributed by atoms with E-state index in [0.717, 1.165) is 11.4 Å². The van der Waals surface area contributed by atoms with Crippen LogP contribution in [-0.4, -0.2) is 31.2 Å². The minimum absolute atomic E-state index is 0.251. The molecule has 0 atom stereocenters. The number of anilines is 1. The highest BCUT2D eigenvalue weighted by molar-refractivity contribution is 5.70. The van der Waals surface area contributed by atoms with E-state index in [9.17, 15) is 10.1 Å². The van der Waals surface area contributed by atoms with Gasteiger partial charge in [0, 0.05) is 18.8 Å². The van der Waals surface area contributed by atoms with E-state index in [1.165, 1.54) is 7.11 Å². The van der Waals surface area contributed by atoms with Crippen molar-refractivity contribution in [2.24, 2.45) is 0 Å². The molecule has 0 spiro atoms. The molecule has 19 heavy (non-hydrogen) atoms. The highest BCUT2D eigenvalue weighted by Gasteiger charge is 2.15. The summed E-state index contributed by atoms with van der Waals surface area (Å²) in [7, 11) is 1.38. The number of nitriles is 1. The Kier molecular flexibility index (Phi) is 5.31. The molecule has 0 amide bonds. The van der Waals surface area contributed by atoms with Gasteiger partial charge >= 0.3 is 5.97 Å². The number of rotatable bonds is 5. The minimum atomic E-state index is -0.251. The van der Waals surface area contributed by atoms with Crippen molar-refractivity contribution in [1.82, 2.24) is 4.98 Å². The molecule has 0 bridgehead atoms. The van der Waals surface area contributed by atoms with Crippen molar-refractivity contribution in [2.45, 2.75) is 27.2 Å². The van der Waals surface area contributed by atoms with Gasteiger partial charge in [-0.15, -0.1) is 0 Å². The number of ether oxygens (including phenoxy) is 1. The number of carbonyl (C=O) groups excluding carboxylic acids is 1. The monoisotopic (exact) mass is 261 g/mol. The lowest BCUT2D eigenvalue weighted by molar-refractivity contribution is -0.140. The molecule has 5 heteroatoms. The van der Waals surface area contributed by atoms with Crippen molar-refractivity contribution in [2.75, 3.05) is 25.1 Å². The molecule has 0 radical (unpaired) electrons. The molecule has 102 valence electrons. The van der Waals surface area contributed by atoms with Crippen molar-refractivity contribution < 1.29 is 9.53 Å². The average molecular weight is 261 g/mol. The first kappa shape index (κ1) is 15.0. The minimum Gasteiger partial charge on any atom is -0.469 e. The third kappa shape index (κ3) is 3.68. The molecule has 0 fully saturated rings. The Hall–Kier alpha value is -2.09. The van der Waals surface area contributed by atoms with Crippen molar-refractivity contribution >= 4 is 11.7 Å². The third-order valence-corrected chi connectivity index (χ3v) is 2.96. The van der Waals surface area contributed by atoms with Crippen LogP contribution in [0.3, 0.4) is 0 Å². The largest absolute Gasteiger partial charge is 0.469 e. The number of hydrogen-bond donors (Lipinski definition) is 0. The van der Waals surface area contributed by atoms with Gasteiger partial charge in [0.2, 0.25) is 0 Å². The SMILES string of the molecule is CCN(CCC(=O)OC)c1cc(C)nc(C)c1C#N. The maximum atomic E-state index is 11.2. The molecule has 0 N–H and O–H groups in total. The number of hydrogen-bond acceptors (Lipinski definition) is 5. The van der Waals surface area contributed by atoms with Crippen LogP contribution in [0.15, 0.2) is 6.07 Å². The van der Waals surface area contributed by atoms with Crippen LogP contribution in [0.1, 0.15) is 30.3 Å². The van der Waals surface area contributed by atoms with Crippen molar-refractivity contribution in [1.29, 1.82) is 5.26 Å². The van der Waals surface area contributed by atoms with Crippen molar-refractivity contribution in [3.05, 3.63) is 23.0 Å². The summed E-state index contributed by atoms with van der Waals surface area (Å²) in [6.45, 7) is 6.95. The van der Waals surface area contributed by atoms with Gasteiger partial charge in [-0.2, -0.15) is 5.26 Å². The number of aryl methyl sites for hydroxylation is 2. The molecule has 1 aromatic heterocycles. The van der Waals surface area contributed by atoms with Gasteiger partial charge in [-0.25, -0.2) is 0 Å². The Balaban J connectivity index is 3.04. The fraction of sp³-hybridized carbons (Fsp3) is 0.500. The predicted octanol–water partition coefficient (Wildman–Crippen LogP) is 1.96. The average Bonchev–Trinajstić information content (AvgIpc) is 2.38. The van der Waals surface area contributed by atoms with Gasteiger partial charge < -0.3 is 9.64 Å². The quantitative estimate of drug-likeness (QED) is 0.758. The molecule has 0 aliphatic carbocycles. The normalized spacial score (nSPS) is 9.84. The molecule has 1 heterocycles. The van der Waals surface area contributed by atoms with Crippen LogP contribution in [0.25, 0.3) is 0 Å². The number of nitrogens with zero attached hydrogens (tertiary/aromatic N) is 3. The highest BCUT2D eigenvalue weighted by atomic mass is 16.5.